The maximum Gasteiger partial charge on any atom is 0.317 e. The van der Waals surface area contributed by atoms with Crippen LogP contribution in [-0.4, -0.2) is 53.5 Å². The van der Waals surface area contributed by atoms with Gasteiger partial charge < -0.3 is 15.1 Å². The van der Waals surface area contributed by atoms with Crippen LogP contribution in [-0.2, 0) is 0 Å². The molecule has 6 heteroatoms. The van der Waals surface area contributed by atoms with Gasteiger partial charge in [0.15, 0.2) is 0 Å². The maximum absolute atomic E-state index is 12.6. The molecule has 1 aromatic carbocycles. The third-order valence-corrected chi connectivity index (χ3v) is 3.79. The molecule has 0 aliphatic carbocycles. The molecule has 128 valence electrons. The van der Waals surface area contributed by atoms with E-state index in [1.165, 1.54) is 0 Å². The summed E-state index contributed by atoms with van der Waals surface area (Å²) in [4.78, 5) is 28.4. The van der Waals surface area contributed by atoms with Crippen LogP contribution in [0, 0.1) is 11.3 Å². The lowest BCUT2D eigenvalue weighted by Gasteiger charge is -2.27. The quantitative estimate of drug-likeness (QED) is 0.859. The van der Waals surface area contributed by atoms with Crippen molar-refractivity contribution in [2.75, 3.05) is 26.2 Å². The Kier molecular flexibility index (Phi) is 5.45. The smallest absolute Gasteiger partial charge is 0.317 e. The largest absolute Gasteiger partial charge is 0.337 e. The summed E-state index contributed by atoms with van der Waals surface area (Å²) >= 11 is 0. The molecule has 0 atom stereocenters. The van der Waals surface area contributed by atoms with E-state index < -0.39 is 0 Å². The highest BCUT2D eigenvalue weighted by atomic mass is 16.2. The number of rotatable bonds is 1. The zero-order valence-corrected chi connectivity index (χ0v) is 14.5. The highest BCUT2D eigenvalue weighted by molar-refractivity contribution is 5.94. The molecule has 1 fully saturated rings. The van der Waals surface area contributed by atoms with Crippen LogP contribution in [0.3, 0.4) is 0 Å². The zero-order chi connectivity index (χ0) is 17.7. The average Bonchev–Trinajstić information content (AvgIpc) is 2.78. The first kappa shape index (κ1) is 17.8. The molecule has 0 spiro atoms. The van der Waals surface area contributed by atoms with Crippen molar-refractivity contribution in [3.05, 3.63) is 35.4 Å². The minimum atomic E-state index is -0.281. The molecular weight excluding hydrogens is 304 g/mol. The number of carbonyl (C=O) groups is 2. The van der Waals surface area contributed by atoms with Gasteiger partial charge in [-0.15, -0.1) is 0 Å². The number of benzene rings is 1. The van der Waals surface area contributed by atoms with Crippen LogP contribution >= 0.6 is 0 Å². The first-order valence-electron chi connectivity index (χ1n) is 8.17. The molecular formula is C18H24N4O2. The van der Waals surface area contributed by atoms with E-state index in [1.807, 2.05) is 26.8 Å². The average molecular weight is 328 g/mol. The molecule has 0 unspecified atom stereocenters. The Balaban J connectivity index is 2.01. The minimum Gasteiger partial charge on any atom is -0.337 e. The van der Waals surface area contributed by atoms with Gasteiger partial charge in [0.05, 0.1) is 11.6 Å². The Morgan fingerprint density at radius 2 is 1.79 bits per heavy atom. The number of nitrogens with one attached hydrogen (secondary N) is 1. The number of amides is 3. The molecule has 1 N–H and O–H groups in total. The predicted molar refractivity (Wildman–Crippen MR) is 91.5 cm³/mol. The van der Waals surface area contributed by atoms with Gasteiger partial charge >= 0.3 is 6.03 Å². The third-order valence-electron chi connectivity index (χ3n) is 3.79. The number of hydrogen-bond donors (Lipinski definition) is 1. The van der Waals surface area contributed by atoms with Crippen LogP contribution in [0.25, 0.3) is 0 Å². The Morgan fingerprint density at radius 3 is 2.46 bits per heavy atom. The van der Waals surface area contributed by atoms with Crippen molar-refractivity contribution in [1.82, 2.24) is 15.1 Å². The van der Waals surface area contributed by atoms with E-state index in [0.29, 0.717) is 37.3 Å². The normalized spacial score (nSPS) is 15.4. The summed E-state index contributed by atoms with van der Waals surface area (Å²) in [6.07, 6.45) is 0.737. The van der Waals surface area contributed by atoms with Crippen LogP contribution in [0.4, 0.5) is 4.79 Å². The van der Waals surface area contributed by atoms with Crippen molar-refractivity contribution in [3.63, 3.8) is 0 Å². The highest BCUT2D eigenvalue weighted by Gasteiger charge is 2.24. The first-order valence-corrected chi connectivity index (χ1v) is 8.17. The summed E-state index contributed by atoms with van der Waals surface area (Å²) in [5.74, 6) is -0.0924. The number of nitriles is 1. The van der Waals surface area contributed by atoms with Gasteiger partial charge in [0, 0.05) is 37.3 Å². The van der Waals surface area contributed by atoms with Crippen LogP contribution < -0.4 is 5.32 Å². The molecule has 1 aromatic rings. The lowest BCUT2D eigenvalue weighted by molar-refractivity contribution is 0.0762. The molecule has 1 aliphatic heterocycles. The van der Waals surface area contributed by atoms with Gasteiger partial charge in [0.2, 0.25) is 0 Å². The number of hydrogen-bond acceptors (Lipinski definition) is 3. The standard InChI is InChI=1S/C18H24N4O2/c1-18(2,3)20-17(24)22-9-5-8-21(10-11-22)16(23)15-7-4-6-14(12-15)13-19/h4,6-7,12H,5,8-11H2,1-3H3,(H,20,24). The van der Waals surface area contributed by atoms with E-state index in [-0.39, 0.29) is 17.5 Å². The van der Waals surface area contributed by atoms with Gasteiger partial charge in [0.25, 0.3) is 5.91 Å². The summed E-state index contributed by atoms with van der Waals surface area (Å²) in [6.45, 7) is 8.07. The van der Waals surface area contributed by atoms with Crippen molar-refractivity contribution in [1.29, 1.82) is 5.26 Å². The summed E-state index contributed by atoms with van der Waals surface area (Å²) in [6, 6.07) is 8.68. The lowest BCUT2D eigenvalue weighted by atomic mass is 10.1. The van der Waals surface area contributed by atoms with Crippen molar-refractivity contribution in [2.45, 2.75) is 32.7 Å². The van der Waals surface area contributed by atoms with E-state index in [4.69, 9.17) is 5.26 Å². The molecule has 1 heterocycles. The predicted octanol–water partition coefficient (Wildman–Crippen LogP) is 2.21. The van der Waals surface area contributed by atoms with Crippen LogP contribution in [0.2, 0.25) is 0 Å². The molecule has 0 bridgehead atoms. The second-order valence-corrected chi connectivity index (χ2v) is 7.01. The molecule has 1 aliphatic rings. The molecule has 24 heavy (non-hydrogen) atoms. The van der Waals surface area contributed by atoms with Crippen LogP contribution in [0.15, 0.2) is 24.3 Å². The Bertz CT molecular complexity index is 658. The second kappa shape index (κ2) is 7.35. The summed E-state index contributed by atoms with van der Waals surface area (Å²) in [5, 5.41) is 11.9. The van der Waals surface area contributed by atoms with E-state index in [1.54, 1.807) is 34.1 Å². The molecule has 2 rings (SSSR count). The molecule has 6 nitrogen and oxygen atoms in total. The minimum absolute atomic E-state index is 0.0924. The SMILES string of the molecule is CC(C)(C)NC(=O)N1CCCN(C(=O)c2cccc(C#N)c2)CC1. The fourth-order valence-electron chi connectivity index (χ4n) is 2.63. The van der Waals surface area contributed by atoms with E-state index in [0.717, 1.165) is 6.42 Å². The highest BCUT2D eigenvalue weighted by Crippen LogP contribution is 2.12. The summed E-state index contributed by atoms with van der Waals surface area (Å²) in [7, 11) is 0. The van der Waals surface area contributed by atoms with E-state index in [9.17, 15) is 9.59 Å². The van der Waals surface area contributed by atoms with E-state index >= 15 is 0 Å². The Hall–Kier alpha value is -2.55. The summed E-state index contributed by atoms with van der Waals surface area (Å²) in [5.41, 5.74) is 0.708. The lowest BCUT2D eigenvalue weighted by Crippen LogP contribution is -2.49. The molecule has 0 saturated carbocycles. The van der Waals surface area contributed by atoms with Crippen LogP contribution in [0.5, 0.6) is 0 Å². The molecule has 0 radical (unpaired) electrons. The van der Waals surface area contributed by atoms with Gasteiger partial charge in [-0.2, -0.15) is 5.26 Å². The first-order chi connectivity index (χ1) is 11.3. The van der Waals surface area contributed by atoms with Crippen molar-refractivity contribution in [3.8, 4) is 6.07 Å². The summed E-state index contributed by atoms with van der Waals surface area (Å²) < 4.78 is 0. The molecule has 3 amide bonds. The third kappa shape index (κ3) is 4.72. The van der Waals surface area contributed by atoms with E-state index in [2.05, 4.69) is 5.32 Å². The number of urea groups is 1. The fourth-order valence-corrected chi connectivity index (χ4v) is 2.63. The van der Waals surface area contributed by atoms with Gasteiger partial charge in [-0.25, -0.2) is 4.79 Å². The monoisotopic (exact) mass is 328 g/mol. The Morgan fingerprint density at radius 1 is 1.12 bits per heavy atom. The maximum atomic E-state index is 12.6. The topological polar surface area (TPSA) is 76.4 Å². The number of carbonyl (C=O) groups excluding carboxylic acids is 2. The second-order valence-electron chi connectivity index (χ2n) is 7.01. The fraction of sp³-hybridized carbons (Fsp3) is 0.500. The van der Waals surface area contributed by atoms with Crippen molar-refractivity contribution >= 4 is 11.9 Å². The molecule has 0 aromatic heterocycles. The van der Waals surface area contributed by atoms with Gasteiger partial charge in [0.1, 0.15) is 0 Å². The van der Waals surface area contributed by atoms with Crippen LogP contribution in [0.1, 0.15) is 43.1 Å². The van der Waals surface area contributed by atoms with Gasteiger partial charge in [-0.05, 0) is 45.4 Å². The van der Waals surface area contributed by atoms with Crippen molar-refractivity contribution in [2.24, 2.45) is 0 Å². The number of nitrogens with zero attached hydrogens (tertiary/aromatic N) is 3. The molecule has 1 saturated heterocycles. The van der Waals surface area contributed by atoms with Crippen molar-refractivity contribution < 1.29 is 9.59 Å². The Labute approximate surface area is 143 Å². The van der Waals surface area contributed by atoms with Gasteiger partial charge in [-0.1, -0.05) is 6.07 Å². The van der Waals surface area contributed by atoms with Gasteiger partial charge in [-0.3, -0.25) is 4.79 Å². The zero-order valence-electron chi connectivity index (χ0n) is 14.5.